The van der Waals surface area contributed by atoms with Crippen molar-refractivity contribution in [2.24, 2.45) is 0 Å². The molecule has 6 nitrogen and oxygen atoms in total. The number of aromatic nitrogens is 3. The van der Waals surface area contributed by atoms with Crippen LogP contribution < -0.4 is 9.75 Å². The first kappa shape index (κ1) is 18.7. The number of thioether (sulfide) groups is 1. The van der Waals surface area contributed by atoms with Crippen LogP contribution in [0.4, 0.5) is 8.78 Å². The van der Waals surface area contributed by atoms with Gasteiger partial charge in [0.25, 0.3) is 5.91 Å². The molecule has 3 aromatic rings. The lowest BCUT2D eigenvalue weighted by atomic mass is 10.2. The molecule has 0 radical (unpaired) electrons. The van der Waals surface area contributed by atoms with Crippen molar-refractivity contribution in [3.8, 4) is 5.75 Å². The van der Waals surface area contributed by atoms with Crippen LogP contribution in [0.15, 0.2) is 47.6 Å². The lowest BCUT2D eigenvalue weighted by molar-refractivity contribution is -0.118. The van der Waals surface area contributed by atoms with Gasteiger partial charge in [0.2, 0.25) is 5.16 Å². The predicted octanol–water partition coefficient (Wildman–Crippen LogP) is 3.56. The van der Waals surface area contributed by atoms with Crippen LogP contribution in [-0.2, 0) is 17.9 Å². The minimum absolute atomic E-state index is 0.0266. The maximum atomic E-state index is 13.5. The minimum Gasteiger partial charge on any atom is -0.484 e. The van der Waals surface area contributed by atoms with E-state index in [0.717, 1.165) is 12.1 Å². The van der Waals surface area contributed by atoms with Crippen LogP contribution >= 0.6 is 23.4 Å². The number of halogens is 3. The Morgan fingerprint density at radius 1 is 1.14 bits per heavy atom. The molecule has 2 heterocycles. The van der Waals surface area contributed by atoms with Crippen LogP contribution in [0.3, 0.4) is 0 Å². The van der Waals surface area contributed by atoms with Crippen LogP contribution in [0.5, 0.6) is 5.75 Å². The van der Waals surface area contributed by atoms with Crippen LogP contribution in [0.1, 0.15) is 11.4 Å². The third-order valence-corrected chi connectivity index (χ3v) is 5.26. The lowest BCUT2D eigenvalue weighted by Gasteiger charge is -2.29. The van der Waals surface area contributed by atoms with Gasteiger partial charge in [0.15, 0.2) is 17.5 Å². The van der Waals surface area contributed by atoms with Crippen molar-refractivity contribution >= 4 is 29.3 Å². The highest BCUT2D eigenvalue weighted by molar-refractivity contribution is 7.99. The van der Waals surface area contributed by atoms with Gasteiger partial charge in [-0.25, -0.2) is 18.5 Å². The topological polar surface area (TPSA) is 60.2 Å². The van der Waals surface area contributed by atoms with Crippen molar-refractivity contribution in [2.45, 2.75) is 18.3 Å². The van der Waals surface area contributed by atoms with E-state index >= 15 is 0 Å². The van der Waals surface area contributed by atoms with Crippen molar-refractivity contribution < 1.29 is 18.3 Å². The molecule has 1 aliphatic heterocycles. The van der Waals surface area contributed by atoms with Crippen LogP contribution in [0.2, 0.25) is 5.02 Å². The van der Waals surface area contributed by atoms with E-state index in [0.29, 0.717) is 27.3 Å². The second-order valence-corrected chi connectivity index (χ2v) is 7.27. The number of ether oxygens (including phenoxy) is 1. The molecule has 28 heavy (non-hydrogen) atoms. The summed E-state index contributed by atoms with van der Waals surface area (Å²) in [5, 5.41) is 10.5. The van der Waals surface area contributed by atoms with Gasteiger partial charge in [-0.1, -0.05) is 41.6 Å². The zero-order valence-electron chi connectivity index (χ0n) is 14.3. The first-order valence-corrected chi connectivity index (χ1v) is 9.58. The maximum Gasteiger partial charge on any atom is 0.252 e. The van der Waals surface area contributed by atoms with E-state index in [4.69, 9.17) is 16.3 Å². The number of hydrogen-bond acceptors (Lipinski definition) is 5. The summed E-state index contributed by atoms with van der Waals surface area (Å²) in [5.74, 6) is -1.08. The van der Waals surface area contributed by atoms with Gasteiger partial charge in [0, 0.05) is 0 Å². The molecule has 0 N–H and O–H groups in total. The molecule has 0 fully saturated rings. The molecule has 0 unspecified atom stereocenters. The van der Waals surface area contributed by atoms with Gasteiger partial charge in [-0.05, 0) is 29.8 Å². The lowest BCUT2D eigenvalue weighted by Crippen LogP contribution is -2.45. The van der Waals surface area contributed by atoms with E-state index in [2.05, 4.69) is 10.2 Å². The molecule has 1 amide bonds. The fourth-order valence-electron chi connectivity index (χ4n) is 2.70. The molecule has 4 rings (SSSR count). The fraction of sp³-hybridized carbons (Fsp3) is 0.167. The predicted molar refractivity (Wildman–Crippen MR) is 99.8 cm³/mol. The minimum atomic E-state index is -0.970. The molecule has 144 valence electrons. The van der Waals surface area contributed by atoms with Gasteiger partial charge in [0.1, 0.15) is 12.4 Å². The number of amides is 1. The number of rotatable bonds is 5. The van der Waals surface area contributed by atoms with E-state index in [1.165, 1.54) is 27.5 Å². The molecule has 0 spiro atoms. The Balaban J connectivity index is 1.60. The molecule has 1 aliphatic rings. The Morgan fingerprint density at radius 3 is 2.75 bits per heavy atom. The molecular weight excluding hydrogens is 410 g/mol. The second-order valence-electron chi connectivity index (χ2n) is 5.92. The summed E-state index contributed by atoms with van der Waals surface area (Å²) in [5.41, 5.74) is 0.441. The average molecular weight is 423 g/mol. The van der Waals surface area contributed by atoms with Crippen molar-refractivity contribution in [3.63, 3.8) is 0 Å². The number of hydrogen-bond donors (Lipinski definition) is 0. The molecule has 0 saturated heterocycles. The van der Waals surface area contributed by atoms with Crippen molar-refractivity contribution in [1.29, 1.82) is 0 Å². The van der Waals surface area contributed by atoms with Crippen LogP contribution in [0.25, 0.3) is 0 Å². The highest BCUT2D eigenvalue weighted by atomic mass is 35.5. The van der Waals surface area contributed by atoms with Gasteiger partial charge in [-0.15, -0.1) is 10.2 Å². The summed E-state index contributed by atoms with van der Waals surface area (Å²) in [4.78, 5) is 12.5. The highest BCUT2D eigenvalue weighted by Gasteiger charge is 2.29. The summed E-state index contributed by atoms with van der Waals surface area (Å²) in [6, 6.07) is 10.5. The zero-order valence-corrected chi connectivity index (χ0v) is 15.9. The van der Waals surface area contributed by atoms with Gasteiger partial charge in [-0.2, -0.15) is 0 Å². The number of carbonyl (C=O) groups excluding carboxylic acids is 1. The molecule has 1 aromatic heterocycles. The van der Waals surface area contributed by atoms with Gasteiger partial charge in [-0.3, -0.25) is 4.79 Å². The van der Waals surface area contributed by atoms with Crippen LogP contribution in [-0.4, -0.2) is 26.5 Å². The zero-order chi connectivity index (χ0) is 19.7. The third-order valence-electron chi connectivity index (χ3n) is 4.04. The van der Waals surface area contributed by atoms with E-state index in [-0.39, 0.29) is 24.8 Å². The SMILES string of the molecule is O=C1CSc2nnc(COc3ccccc3Cl)n2N1Cc1ccc(F)c(F)c1. The molecule has 0 bridgehead atoms. The Bertz CT molecular complexity index is 1050. The van der Waals surface area contributed by atoms with E-state index in [9.17, 15) is 13.6 Å². The van der Waals surface area contributed by atoms with E-state index < -0.39 is 11.6 Å². The largest absolute Gasteiger partial charge is 0.484 e. The van der Waals surface area contributed by atoms with Gasteiger partial charge in [0.05, 0.1) is 17.3 Å². The normalized spacial score (nSPS) is 13.5. The summed E-state index contributed by atoms with van der Waals surface area (Å²) in [6.45, 7) is 0.0690. The Morgan fingerprint density at radius 2 is 1.96 bits per heavy atom. The van der Waals surface area contributed by atoms with Gasteiger partial charge < -0.3 is 4.74 Å². The first-order valence-electron chi connectivity index (χ1n) is 8.22. The Labute approximate surface area is 168 Å². The first-order chi connectivity index (χ1) is 13.5. The Kier molecular flexibility index (Phi) is 5.19. The van der Waals surface area contributed by atoms with Gasteiger partial charge >= 0.3 is 0 Å². The highest BCUT2D eigenvalue weighted by Crippen LogP contribution is 2.27. The summed E-state index contributed by atoms with van der Waals surface area (Å²) in [7, 11) is 0. The summed E-state index contributed by atoms with van der Waals surface area (Å²) < 4.78 is 34.0. The van der Waals surface area contributed by atoms with E-state index in [1.807, 2.05) is 0 Å². The molecular formula is C18H13ClF2N4O2S. The molecule has 10 heteroatoms. The quantitative estimate of drug-likeness (QED) is 0.629. The summed E-state index contributed by atoms with van der Waals surface area (Å²) >= 11 is 7.34. The standard InChI is InChI=1S/C18H13ClF2N4O2S/c19-12-3-1-2-4-15(12)27-9-16-22-23-18-25(16)24(17(26)10-28-18)8-11-5-6-13(20)14(21)7-11/h1-7H,8-10H2. The summed E-state index contributed by atoms with van der Waals surface area (Å²) in [6.07, 6.45) is 0. The molecule has 0 aliphatic carbocycles. The molecule has 0 saturated carbocycles. The number of fused-ring (bicyclic) bond motifs is 1. The monoisotopic (exact) mass is 422 g/mol. The second kappa shape index (κ2) is 7.76. The fourth-order valence-corrected chi connectivity index (χ4v) is 3.72. The number of para-hydroxylation sites is 1. The van der Waals surface area contributed by atoms with Crippen molar-refractivity contribution in [2.75, 3.05) is 10.8 Å². The number of carbonyl (C=O) groups is 1. The maximum absolute atomic E-state index is 13.5. The van der Waals surface area contributed by atoms with Crippen LogP contribution in [0, 0.1) is 11.6 Å². The van der Waals surface area contributed by atoms with E-state index in [1.54, 1.807) is 24.3 Å². The molecule has 0 atom stereocenters. The molecule has 2 aromatic carbocycles. The number of benzene rings is 2. The average Bonchev–Trinajstić information content (AvgIpc) is 3.09. The number of nitrogens with zero attached hydrogens (tertiary/aromatic N) is 4. The smallest absolute Gasteiger partial charge is 0.252 e. The Hall–Kier alpha value is -2.65. The third kappa shape index (κ3) is 3.67. The van der Waals surface area contributed by atoms with Crippen molar-refractivity contribution in [1.82, 2.24) is 14.9 Å². The van der Waals surface area contributed by atoms with Crippen molar-refractivity contribution in [3.05, 3.63) is 70.5 Å².